The van der Waals surface area contributed by atoms with E-state index in [9.17, 15) is 13.2 Å². The molecule has 0 atom stereocenters. The predicted octanol–water partition coefficient (Wildman–Crippen LogP) is 3.33. The minimum Gasteiger partial charge on any atom is -0.466 e. The molecule has 0 saturated heterocycles. The van der Waals surface area contributed by atoms with Crippen molar-refractivity contribution < 1.29 is 17.9 Å². The van der Waals surface area contributed by atoms with Gasteiger partial charge in [0.15, 0.2) is 0 Å². The second-order valence-corrected chi connectivity index (χ2v) is 6.57. The van der Waals surface area contributed by atoms with E-state index in [1.807, 2.05) is 0 Å². The molecule has 0 bridgehead atoms. The van der Waals surface area contributed by atoms with Crippen molar-refractivity contribution in [1.82, 2.24) is 0 Å². The first kappa shape index (κ1) is 17.1. The van der Waals surface area contributed by atoms with Gasteiger partial charge in [-0.2, -0.15) is 0 Å². The van der Waals surface area contributed by atoms with Gasteiger partial charge in [0.2, 0.25) is 0 Å². The van der Waals surface area contributed by atoms with Crippen LogP contribution in [0.3, 0.4) is 0 Å². The first-order valence-electron chi connectivity index (χ1n) is 6.56. The van der Waals surface area contributed by atoms with Gasteiger partial charge < -0.3 is 4.74 Å². The van der Waals surface area contributed by atoms with Gasteiger partial charge in [0.1, 0.15) is 0 Å². The van der Waals surface area contributed by atoms with Gasteiger partial charge in [0, 0.05) is 16.7 Å². The Morgan fingerprint density at radius 3 is 2.48 bits per heavy atom. The molecule has 1 N–H and O–H groups in total. The van der Waals surface area contributed by atoms with Crippen molar-refractivity contribution >= 4 is 39.4 Å². The monoisotopic (exact) mass is 351 g/mol. The van der Waals surface area contributed by atoms with Crippen LogP contribution in [-0.2, 0) is 19.6 Å². The Morgan fingerprint density at radius 2 is 1.83 bits per heavy atom. The molecule has 0 amide bonds. The minimum atomic E-state index is -3.76. The normalized spacial score (nSPS) is 11.4. The molecule has 2 rings (SSSR count). The van der Waals surface area contributed by atoms with E-state index in [0.29, 0.717) is 10.6 Å². The molecule has 2 aromatic carbocycles. The number of nitrogens with one attached hydrogen (secondary N) is 1. The fourth-order valence-corrected chi connectivity index (χ4v) is 3.16. The summed E-state index contributed by atoms with van der Waals surface area (Å²) in [5.74, 6) is -0.568. The second-order valence-electron chi connectivity index (χ2n) is 4.48. The number of carbonyl (C=O) groups excluding carboxylic acids is 1. The summed E-state index contributed by atoms with van der Waals surface area (Å²) in [7, 11) is -2.51. The molecule has 0 saturated carbocycles. The Balaban J connectivity index is 2.39. The van der Waals surface area contributed by atoms with Crippen LogP contribution in [0.5, 0.6) is 0 Å². The van der Waals surface area contributed by atoms with Crippen LogP contribution in [0.4, 0.5) is 5.69 Å². The fourth-order valence-electron chi connectivity index (χ4n) is 1.82. The van der Waals surface area contributed by atoms with Crippen molar-refractivity contribution in [2.75, 3.05) is 11.8 Å². The lowest BCUT2D eigenvalue weighted by atomic mass is 10.1. The number of benzene rings is 2. The molecule has 2 aromatic rings. The second kappa shape index (κ2) is 7.30. The van der Waals surface area contributed by atoms with Gasteiger partial charge in [-0.15, -0.1) is 0 Å². The number of ether oxygens (including phenoxy) is 1. The maximum absolute atomic E-state index is 12.4. The van der Waals surface area contributed by atoms with Crippen LogP contribution < -0.4 is 4.72 Å². The van der Waals surface area contributed by atoms with E-state index in [2.05, 4.69) is 9.46 Å². The number of hydrogen-bond donors (Lipinski definition) is 1. The SMILES string of the molecule is COC(=O)/C=C/c1c(Cl)cccc1NS(=O)(=O)c1ccccc1. The molecule has 0 heterocycles. The zero-order valence-corrected chi connectivity index (χ0v) is 13.8. The van der Waals surface area contributed by atoms with Gasteiger partial charge in [0.25, 0.3) is 10.0 Å². The highest BCUT2D eigenvalue weighted by atomic mass is 35.5. The van der Waals surface area contributed by atoms with Crippen molar-refractivity contribution in [3.05, 3.63) is 65.2 Å². The first-order chi connectivity index (χ1) is 10.9. The third kappa shape index (κ3) is 4.34. The highest BCUT2D eigenvalue weighted by Gasteiger charge is 2.16. The zero-order valence-electron chi connectivity index (χ0n) is 12.2. The number of rotatable bonds is 5. The molecule has 0 aliphatic rings. The highest BCUT2D eigenvalue weighted by molar-refractivity contribution is 7.92. The summed E-state index contributed by atoms with van der Waals surface area (Å²) in [6.45, 7) is 0. The van der Waals surface area contributed by atoms with Gasteiger partial charge in [0.05, 0.1) is 17.7 Å². The lowest BCUT2D eigenvalue weighted by molar-refractivity contribution is -0.134. The summed E-state index contributed by atoms with van der Waals surface area (Å²) in [6.07, 6.45) is 2.57. The van der Waals surface area contributed by atoms with Crippen LogP contribution in [0.25, 0.3) is 6.08 Å². The Kier molecular flexibility index (Phi) is 5.41. The zero-order chi connectivity index (χ0) is 16.9. The van der Waals surface area contributed by atoms with Crippen LogP contribution in [0, 0.1) is 0 Å². The van der Waals surface area contributed by atoms with Gasteiger partial charge in [-0.3, -0.25) is 4.72 Å². The number of sulfonamides is 1. The molecule has 0 spiro atoms. The largest absolute Gasteiger partial charge is 0.466 e. The van der Waals surface area contributed by atoms with E-state index in [4.69, 9.17) is 11.6 Å². The first-order valence-corrected chi connectivity index (χ1v) is 8.42. The molecule has 0 radical (unpaired) electrons. The van der Waals surface area contributed by atoms with Crippen LogP contribution in [0.15, 0.2) is 59.5 Å². The number of methoxy groups -OCH3 is 1. The van der Waals surface area contributed by atoms with E-state index >= 15 is 0 Å². The van der Waals surface area contributed by atoms with Crippen molar-refractivity contribution in [1.29, 1.82) is 0 Å². The molecule has 5 nitrogen and oxygen atoms in total. The number of carbonyl (C=O) groups is 1. The lowest BCUT2D eigenvalue weighted by Gasteiger charge is -2.11. The number of anilines is 1. The highest BCUT2D eigenvalue weighted by Crippen LogP contribution is 2.28. The summed E-state index contributed by atoms with van der Waals surface area (Å²) in [6, 6.07) is 12.7. The predicted molar refractivity (Wildman–Crippen MR) is 89.8 cm³/mol. The molecule has 0 fully saturated rings. The van der Waals surface area contributed by atoms with Crippen LogP contribution in [0.1, 0.15) is 5.56 Å². The van der Waals surface area contributed by atoms with Crippen molar-refractivity contribution in [2.24, 2.45) is 0 Å². The fraction of sp³-hybridized carbons (Fsp3) is 0.0625. The molecule has 23 heavy (non-hydrogen) atoms. The molecular formula is C16H14ClNO4S. The Morgan fingerprint density at radius 1 is 1.13 bits per heavy atom. The van der Waals surface area contributed by atoms with Crippen molar-refractivity contribution in [3.8, 4) is 0 Å². The molecule has 0 aromatic heterocycles. The topological polar surface area (TPSA) is 72.5 Å². The summed E-state index contributed by atoms with van der Waals surface area (Å²) in [5, 5.41) is 0.304. The van der Waals surface area contributed by atoms with Gasteiger partial charge in [-0.1, -0.05) is 35.9 Å². The number of hydrogen-bond acceptors (Lipinski definition) is 4. The van der Waals surface area contributed by atoms with Gasteiger partial charge >= 0.3 is 5.97 Å². The number of esters is 1. The Bertz CT molecular complexity index is 832. The van der Waals surface area contributed by atoms with Crippen LogP contribution in [0.2, 0.25) is 5.02 Å². The van der Waals surface area contributed by atoms with Crippen molar-refractivity contribution in [3.63, 3.8) is 0 Å². The van der Waals surface area contributed by atoms with E-state index in [0.717, 1.165) is 0 Å². The molecule has 0 unspecified atom stereocenters. The van der Waals surface area contributed by atoms with Gasteiger partial charge in [-0.05, 0) is 30.3 Å². The molecule has 0 aliphatic heterocycles. The average molecular weight is 352 g/mol. The quantitative estimate of drug-likeness (QED) is 0.662. The summed E-state index contributed by atoms with van der Waals surface area (Å²) in [5.41, 5.74) is 0.639. The average Bonchev–Trinajstić information content (AvgIpc) is 2.54. The maximum atomic E-state index is 12.4. The third-order valence-corrected chi connectivity index (χ3v) is 4.65. The van der Waals surface area contributed by atoms with Gasteiger partial charge in [-0.25, -0.2) is 13.2 Å². The molecule has 120 valence electrons. The van der Waals surface area contributed by atoms with Crippen LogP contribution in [-0.4, -0.2) is 21.5 Å². The minimum absolute atomic E-state index is 0.128. The maximum Gasteiger partial charge on any atom is 0.330 e. The Labute approximate surface area is 139 Å². The van der Waals surface area contributed by atoms with E-state index in [1.165, 1.54) is 31.4 Å². The van der Waals surface area contributed by atoms with Crippen LogP contribution >= 0.6 is 11.6 Å². The third-order valence-electron chi connectivity index (χ3n) is 2.94. The summed E-state index contributed by atoms with van der Waals surface area (Å²) >= 11 is 6.09. The molecular weight excluding hydrogens is 338 g/mol. The number of halogens is 1. The molecule has 7 heteroatoms. The van der Waals surface area contributed by atoms with Crippen molar-refractivity contribution in [2.45, 2.75) is 4.90 Å². The lowest BCUT2D eigenvalue weighted by Crippen LogP contribution is -2.13. The van der Waals surface area contributed by atoms with E-state index in [1.54, 1.807) is 36.4 Å². The van der Waals surface area contributed by atoms with E-state index in [-0.39, 0.29) is 10.6 Å². The summed E-state index contributed by atoms with van der Waals surface area (Å²) < 4.78 is 31.8. The van der Waals surface area contributed by atoms with E-state index < -0.39 is 16.0 Å². The summed E-state index contributed by atoms with van der Waals surface area (Å²) in [4.78, 5) is 11.4. The smallest absolute Gasteiger partial charge is 0.330 e. The standard InChI is InChI=1S/C16H14ClNO4S/c1-22-16(19)11-10-13-14(17)8-5-9-15(13)18-23(20,21)12-6-3-2-4-7-12/h2-11,18H,1H3/b11-10+. The Hall–Kier alpha value is -2.31. The molecule has 0 aliphatic carbocycles.